The van der Waals surface area contributed by atoms with Gasteiger partial charge in [0.2, 0.25) is 0 Å². The second-order valence-electron chi connectivity index (χ2n) is 11.9. The minimum Gasteiger partial charge on any atom is -0.399 e. The molecule has 2 unspecified atom stereocenters. The molecule has 4 aromatic rings. The molecule has 2 saturated heterocycles. The summed E-state index contributed by atoms with van der Waals surface area (Å²) >= 11 is 0. The van der Waals surface area contributed by atoms with Crippen LogP contribution >= 0.6 is 0 Å². The minimum atomic E-state index is -4.48. The molecule has 11 heteroatoms. The van der Waals surface area contributed by atoms with Crippen molar-refractivity contribution in [2.45, 2.75) is 82.7 Å². The molecule has 3 aliphatic rings. The van der Waals surface area contributed by atoms with E-state index in [1.54, 1.807) is 12.3 Å². The standard InChI is InChI=1S/C30H35F3N8/c1-17(19-11-20(30(31,32)33)13-21(34)12-19)36-27-25-14-26(29-35-9-10-40(29)28(25)38-18(2)37-27)39-15-23-7-8-24(16-39)41(23)22-5-3-4-6-22/h9-14,17,22-24H,3-8,15-16,34H2,1-2H3,(H,36,37,38)/t17-,23?,24?/m1/s1. The third-order valence-corrected chi connectivity index (χ3v) is 9.20. The van der Waals surface area contributed by atoms with Crippen LogP contribution in [-0.2, 0) is 6.18 Å². The summed E-state index contributed by atoms with van der Waals surface area (Å²) in [6, 6.07) is 7.10. The quantitative estimate of drug-likeness (QED) is 0.290. The summed E-state index contributed by atoms with van der Waals surface area (Å²) in [6.07, 6.45) is 6.98. The summed E-state index contributed by atoms with van der Waals surface area (Å²) in [4.78, 5) is 19.5. The molecule has 7 rings (SSSR count). The van der Waals surface area contributed by atoms with Crippen molar-refractivity contribution in [1.29, 1.82) is 0 Å². The van der Waals surface area contributed by atoms with Crippen LogP contribution in [0.25, 0.3) is 16.7 Å². The number of piperazine rings is 1. The highest BCUT2D eigenvalue weighted by atomic mass is 19.4. The van der Waals surface area contributed by atoms with E-state index in [9.17, 15) is 13.2 Å². The first-order valence-electron chi connectivity index (χ1n) is 14.6. The Bertz CT molecular complexity index is 1600. The molecule has 3 N–H and O–H groups in total. The van der Waals surface area contributed by atoms with Gasteiger partial charge in [-0.2, -0.15) is 13.2 Å². The number of fused-ring (bicyclic) bond motifs is 5. The van der Waals surface area contributed by atoms with E-state index in [1.165, 1.54) is 38.5 Å². The van der Waals surface area contributed by atoms with Gasteiger partial charge < -0.3 is 16.0 Å². The van der Waals surface area contributed by atoms with Gasteiger partial charge in [0.1, 0.15) is 11.6 Å². The number of alkyl halides is 3. The first-order valence-corrected chi connectivity index (χ1v) is 14.6. The molecule has 5 heterocycles. The second kappa shape index (κ2) is 9.75. The molecule has 2 bridgehead atoms. The number of rotatable bonds is 5. The highest BCUT2D eigenvalue weighted by molar-refractivity contribution is 5.94. The van der Waals surface area contributed by atoms with Crippen molar-refractivity contribution in [3.63, 3.8) is 0 Å². The maximum Gasteiger partial charge on any atom is 0.416 e. The van der Waals surface area contributed by atoms with Crippen LogP contribution in [0.3, 0.4) is 0 Å². The molecular formula is C30H35F3N8. The molecule has 3 fully saturated rings. The molecule has 1 aromatic carbocycles. The molecule has 216 valence electrons. The van der Waals surface area contributed by atoms with E-state index < -0.39 is 17.8 Å². The Morgan fingerprint density at radius 1 is 0.951 bits per heavy atom. The van der Waals surface area contributed by atoms with E-state index in [-0.39, 0.29) is 5.69 Å². The Morgan fingerprint density at radius 2 is 1.68 bits per heavy atom. The molecule has 41 heavy (non-hydrogen) atoms. The van der Waals surface area contributed by atoms with Gasteiger partial charge in [-0.1, -0.05) is 12.8 Å². The smallest absolute Gasteiger partial charge is 0.399 e. The van der Waals surface area contributed by atoms with Crippen LogP contribution in [0.15, 0.2) is 36.7 Å². The van der Waals surface area contributed by atoms with E-state index in [2.05, 4.69) is 21.2 Å². The molecule has 0 radical (unpaired) electrons. The maximum absolute atomic E-state index is 13.5. The fourth-order valence-electron chi connectivity index (χ4n) is 7.40. The molecule has 3 atom stereocenters. The van der Waals surface area contributed by atoms with E-state index in [0.29, 0.717) is 34.9 Å². The molecule has 0 amide bonds. The molecule has 1 saturated carbocycles. The van der Waals surface area contributed by atoms with Gasteiger partial charge in [-0.05, 0) is 69.4 Å². The molecule has 1 aliphatic carbocycles. The SMILES string of the molecule is Cc1nc(N[C@H](C)c2cc(N)cc(C(F)(F)F)c2)c2cc(N3CC4CCC(C3)N4C3CCCC3)c3nccn3c2n1. The van der Waals surface area contributed by atoms with Crippen LogP contribution in [0.4, 0.5) is 30.4 Å². The van der Waals surface area contributed by atoms with Crippen molar-refractivity contribution < 1.29 is 13.2 Å². The lowest BCUT2D eigenvalue weighted by Gasteiger charge is -2.45. The van der Waals surface area contributed by atoms with Crippen LogP contribution in [-0.4, -0.2) is 55.5 Å². The van der Waals surface area contributed by atoms with Crippen molar-refractivity contribution in [3.05, 3.63) is 53.6 Å². The van der Waals surface area contributed by atoms with Crippen molar-refractivity contribution >= 4 is 33.9 Å². The van der Waals surface area contributed by atoms with Crippen molar-refractivity contribution in [1.82, 2.24) is 24.3 Å². The lowest BCUT2D eigenvalue weighted by molar-refractivity contribution is -0.137. The third kappa shape index (κ3) is 4.64. The number of nitrogens with one attached hydrogen (secondary N) is 1. The van der Waals surface area contributed by atoms with E-state index >= 15 is 0 Å². The number of pyridine rings is 1. The van der Waals surface area contributed by atoms with E-state index in [0.717, 1.165) is 48.0 Å². The minimum absolute atomic E-state index is 0.0704. The average Bonchev–Trinajstić information content (AvgIpc) is 3.67. The number of hydrogen-bond acceptors (Lipinski definition) is 7. The Balaban J connectivity index is 1.26. The third-order valence-electron chi connectivity index (χ3n) is 9.20. The van der Waals surface area contributed by atoms with Crippen LogP contribution in [0.1, 0.15) is 68.4 Å². The number of nitrogen functional groups attached to an aromatic ring is 1. The largest absolute Gasteiger partial charge is 0.416 e. The summed E-state index contributed by atoms with van der Waals surface area (Å²) in [5.74, 6) is 1.13. The predicted octanol–water partition coefficient (Wildman–Crippen LogP) is 5.96. The number of halogens is 3. The number of nitrogens with zero attached hydrogens (tertiary/aromatic N) is 6. The predicted molar refractivity (Wildman–Crippen MR) is 154 cm³/mol. The van der Waals surface area contributed by atoms with Crippen molar-refractivity contribution in [2.75, 3.05) is 29.0 Å². The summed E-state index contributed by atoms with van der Waals surface area (Å²) in [5, 5.41) is 4.17. The van der Waals surface area contributed by atoms with Gasteiger partial charge in [0.25, 0.3) is 0 Å². The van der Waals surface area contributed by atoms with E-state index in [1.807, 2.05) is 24.4 Å². The molecule has 8 nitrogen and oxygen atoms in total. The summed E-state index contributed by atoms with van der Waals surface area (Å²) in [6.45, 7) is 5.54. The highest BCUT2D eigenvalue weighted by Crippen LogP contribution is 2.40. The Hall–Kier alpha value is -3.60. The van der Waals surface area contributed by atoms with Crippen LogP contribution in [0, 0.1) is 6.92 Å². The van der Waals surface area contributed by atoms with Crippen LogP contribution < -0.4 is 16.0 Å². The average molecular weight is 565 g/mol. The number of benzene rings is 1. The fraction of sp³-hybridized carbons (Fsp3) is 0.500. The maximum atomic E-state index is 13.5. The van der Waals surface area contributed by atoms with Gasteiger partial charge >= 0.3 is 6.18 Å². The summed E-state index contributed by atoms with van der Waals surface area (Å²) in [7, 11) is 0. The first kappa shape index (κ1) is 26.3. The lowest BCUT2D eigenvalue weighted by Crippen LogP contribution is -2.56. The van der Waals surface area contributed by atoms with E-state index in [4.69, 9.17) is 20.7 Å². The Kier molecular flexibility index (Phi) is 6.26. The number of imidazole rings is 1. The Labute approximate surface area is 236 Å². The summed E-state index contributed by atoms with van der Waals surface area (Å²) in [5.41, 5.74) is 8.20. The van der Waals surface area contributed by atoms with Crippen LogP contribution in [0.2, 0.25) is 0 Å². The van der Waals surface area contributed by atoms with Gasteiger partial charge in [0, 0.05) is 49.3 Å². The van der Waals surface area contributed by atoms with Crippen molar-refractivity contribution in [2.24, 2.45) is 0 Å². The highest BCUT2D eigenvalue weighted by Gasteiger charge is 2.44. The van der Waals surface area contributed by atoms with Crippen LogP contribution in [0.5, 0.6) is 0 Å². The van der Waals surface area contributed by atoms with Gasteiger partial charge in [-0.15, -0.1) is 0 Å². The molecule has 0 spiro atoms. The summed E-state index contributed by atoms with van der Waals surface area (Å²) < 4.78 is 42.5. The number of aromatic nitrogens is 4. The van der Waals surface area contributed by atoms with Gasteiger partial charge in [-0.25, -0.2) is 15.0 Å². The zero-order valence-electron chi connectivity index (χ0n) is 23.3. The van der Waals surface area contributed by atoms with Gasteiger partial charge in [0.15, 0.2) is 11.3 Å². The number of anilines is 3. The molecule has 2 aliphatic heterocycles. The topological polar surface area (TPSA) is 87.6 Å². The fourth-order valence-corrected chi connectivity index (χ4v) is 7.40. The molecule has 3 aromatic heterocycles. The monoisotopic (exact) mass is 564 g/mol. The number of hydrogen-bond donors (Lipinski definition) is 2. The van der Waals surface area contributed by atoms with Gasteiger partial charge in [-0.3, -0.25) is 9.30 Å². The second-order valence-corrected chi connectivity index (χ2v) is 11.9. The lowest BCUT2D eigenvalue weighted by atomic mass is 10.0. The van der Waals surface area contributed by atoms with Crippen molar-refractivity contribution in [3.8, 4) is 0 Å². The zero-order valence-corrected chi connectivity index (χ0v) is 23.3. The first-order chi connectivity index (χ1) is 19.7. The molecular weight excluding hydrogens is 529 g/mol. The zero-order chi connectivity index (χ0) is 28.5. The normalized spacial score (nSPS) is 22.7. The Morgan fingerprint density at radius 3 is 2.39 bits per heavy atom. The number of aryl methyl sites for hydroxylation is 1. The number of nitrogens with two attached hydrogens (primary N) is 1. The van der Waals surface area contributed by atoms with Gasteiger partial charge in [0.05, 0.1) is 22.7 Å².